The van der Waals surface area contributed by atoms with E-state index in [1.807, 2.05) is 0 Å². The van der Waals surface area contributed by atoms with Crippen LogP contribution in [0.3, 0.4) is 0 Å². The first kappa shape index (κ1) is 11.8. The molecule has 86 valence electrons. The number of anilines is 2. The number of hydrogen-bond donors (Lipinski definition) is 2. The molecule has 1 aromatic rings. The van der Waals surface area contributed by atoms with E-state index in [9.17, 15) is 9.59 Å². The maximum absolute atomic E-state index is 11.2. The third kappa shape index (κ3) is 3.45. The van der Waals surface area contributed by atoms with Crippen molar-refractivity contribution in [3.8, 4) is 0 Å². The highest BCUT2D eigenvalue weighted by Gasteiger charge is 2.10. The summed E-state index contributed by atoms with van der Waals surface area (Å²) in [4.78, 5) is 24.9. The van der Waals surface area contributed by atoms with Gasteiger partial charge in [0.05, 0.1) is 17.6 Å². The molecule has 1 unspecified atom stereocenters. The lowest BCUT2D eigenvalue weighted by Gasteiger charge is -2.12. The number of hydrogen-bond acceptors (Lipinski definition) is 6. The molecular weight excluding hydrogens is 214 g/mol. The number of ether oxygens (including phenoxy) is 2. The number of amides is 1. The molecule has 0 aliphatic carbocycles. The molecule has 0 saturated heterocycles. The van der Waals surface area contributed by atoms with Gasteiger partial charge in [-0.2, -0.15) is 0 Å². The lowest BCUT2D eigenvalue weighted by atomic mass is 10.3. The van der Waals surface area contributed by atoms with E-state index >= 15 is 0 Å². The van der Waals surface area contributed by atoms with Crippen LogP contribution in [0.4, 0.5) is 16.2 Å². The summed E-state index contributed by atoms with van der Waals surface area (Å²) in [6.07, 6.45) is 1.13. The average molecular weight is 225 g/mol. The molecule has 1 atom stereocenters. The van der Waals surface area contributed by atoms with Gasteiger partial charge in [-0.1, -0.05) is 0 Å². The zero-order valence-corrected chi connectivity index (χ0v) is 8.54. The second kappa shape index (κ2) is 5.54. The van der Waals surface area contributed by atoms with Gasteiger partial charge in [0.2, 0.25) is 6.29 Å². The van der Waals surface area contributed by atoms with Crippen molar-refractivity contribution in [2.24, 2.45) is 0 Å². The number of rotatable bonds is 4. The van der Waals surface area contributed by atoms with E-state index in [2.05, 4.69) is 19.8 Å². The molecule has 3 N–H and O–H groups in total. The summed E-state index contributed by atoms with van der Waals surface area (Å²) in [6.45, 7) is 1.60. The molecular formula is C9H11N3O4. The van der Waals surface area contributed by atoms with E-state index in [1.165, 1.54) is 25.4 Å². The maximum Gasteiger partial charge on any atom is 0.414 e. The summed E-state index contributed by atoms with van der Waals surface area (Å²) >= 11 is 0. The molecule has 0 aromatic carbocycles. The van der Waals surface area contributed by atoms with Gasteiger partial charge < -0.3 is 15.2 Å². The van der Waals surface area contributed by atoms with E-state index < -0.39 is 12.4 Å². The number of aromatic nitrogens is 1. The van der Waals surface area contributed by atoms with Crippen LogP contribution >= 0.6 is 0 Å². The fourth-order valence-electron chi connectivity index (χ4n) is 0.917. The molecule has 0 fully saturated rings. The lowest BCUT2D eigenvalue weighted by molar-refractivity contribution is -0.148. The van der Waals surface area contributed by atoms with E-state index in [1.54, 1.807) is 0 Å². The van der Waals surface area contributed by atoms with Crippen LogP contribution in [0.1, 0.15) is 6.92 Å². The minimum atomic E-state index is -0.958. The van der Waals surface area contributed by atoms with Crippen molar-refractivity contribution in [1.29, 1.82) is 0 Å². The number of nitrogens with zero attached hydrogens (tertiary/aromatic N) is 1. The van der Waals surface area contributed by atoms with Crippen LogP contribution in [0, 0.1) is 0 Å². The SMILES string of the molecule is CC(OC=O)OC(=O)Nc1ccncc1N. The Bertz CT molecular complexity index is 383. The number of nitrogen functional groups attached to an aromatic ring is 1. The highest BCUT2D eigenvalue weighted by molar-refractivity contribution is 5.88. The van der Waals surface area contributed by atoms with Gasteiger partial charge in [0.1, 0.15) is 0 Å². The standard InChI is InChI=1S/C9H11N3O4/c1-6(15-5-13)16-9(14)12-8-2-3-11-4-7(8)10/h2-6H,10H2,1H3,(H,11,12,14). The van der Waals surface area contributed by atoms with Gasteiger partial charge in [-0.05, 0) is 6.07 Å². The molecule has 7 nitrogen and oxygen atoms in total. The third-order valence-corrected chi connectivity index (χ3v) is 1.61. The van der Waals surface area contributed by atoms with Gasteiger partial charge in [0.25, 0.3) is 6.47 Å². The Morgan fingerprint density at radius 3 is 3.06 bits per heavy atom. The molecule has 0 spiro atoms. The summed E-state index contributed by atoms with van der Waals surface area (Å²) in [5, 5.41) is 2.38. The Labute approximate surface area is 91.6 Å². The molecule has 1 amide bonds. The Hall–Kier alpha value is -2.31. The molecule has 0 radical (unpaired) electrons. The lowest BCUT2D eigenvalue weighted by Crippen LogP contribution is -2.22. The highest BCUT2D eigenvalue weighted by Crippen LogP contribution is 2.15. The van der Waals surface area contributed by atoms with Crippen LogP contribution in [0.15, 0.2) is 18.5 Å². The molecule has 16 heavy (non-hydrogen) atoms. The molecule has 0 bridgehead atoms. The van der Waals surface area contributed by atoms with Gasteiger partial charge in [-0.3, -0.25) is 15.1 Å². The molecule has 7 heteroatoms. The van der Waals surface area contributed by atoms with Gasteiger partial charge >= 0.3 is 6.09 Å². The highest BCUT2D eigenvalue weighted by atomic mass is 16.7. The first-order chi connectivity index (χ1) is 7.63. The predicted octanol–water partition coefficient (Wildman–Crippen LogP) is 0.731. The summed E-state index contributed by atoms with van der Waals surface area (Å²) in [6, 6.07) is 1.52. The molecule has 0 saturated carbocycles. The van der Waals surface area contributed by atoms with Crippen LogP contribution in [0.25, 0.3) is 0 Å². The Morgan fingerprint density at radius 1 is 1.69 bits per heavy atom. The number of nitrogens with one attached hydrogen (secondary N) is 1. The van der Waals surface area contributed by atoms with Crippen molar-refractivity contribution in [3.63, 3.8) is 0 Å². The van der Waals surface area contributed by atoms with E-state index in [4.69, 9.17) is 5.73 Å². The molecule has 1 aromatic heterocycles. The molecule has 1 heterocycles. The first-order valence-electron chi connectivity index (χ1n) is 4.39. The number of carbonyl (C=O) groups excluding carboxylic acids is 2. The number of carbonyl (C=O) groups is 2. The summed E-state index contributed by atoms with van der Waals surface area (Å²) in [5.74, 6) is 0. The fraction of sp³-hybridized carbons (Fsp3) is 0.222. The largest absolute Gasteiger partial charge is 0.428 e. The second-order valence-electron chi connectivity index (χ2n) is 2.79. The Balaban J connectivity index is 2.52. The summed E-state index contributed by atoms with van der Waals surface area (Å²) < 4.78 is 9.04. The van der Waals surface area contributed by atoms with E-state index in [0.717, 1.165) is 0 Å². The summed E-state index contributed by atoms with van der Waals surface area (Å²) in [7, 11) is 0. The smallest absolute Gasteiger partial charge is 0.414 e. The van der Waals surface area contributed by atoms with Crippen molar-refractivity contribution in [1.82, 2.24) is 4.98 Å². The van der Waals surface area contributed by atoms with Crippen molar-refractivity contribution < 1.29 is 19.1 Å². The third-order valence-electron chi connectivity index (χ3n) is 1.61. The maximum atomic E-state index is 11.2. The number of nitrogens with two attached hydrogens (primary N) is 1. The van der Waals surface area contributed by atoms with Crippen LogP contribution < -0.4 is 11.1 Å². The minimum absolute atomic E-state index is 0.193. The van der Waals surface area contributed by atoms with Crippen LogP contribution in [0.2, 0.25) is 0 Å². The van der Waals surface area contributed by atoms with Crippen molar-refractivity contribution in [3.05, 3.63) is 18.5 Å². The minimum Gasteiger partial charge on any atom is -0.428 e. The van der Waals surface area contributed by atoms with Gasteiger partial charge in [-0.15, -0.1) is 0 Å². The zero-order valence-electron chi connectivity index (χ0n) is 8.54. The van der Waals surface area contributed by atoms with Crippen molar-refractivity contribution in [2.75, 3.05) is 11.1 Å². The molecule has 1 rings (SSSR count). The average Bonchev–Trinajstić information content (AvgIpc) is 2.21. The number of pyridine rings is 1. The summed E-state index contributed by atoms with van der Waals surface area (Å²) in [5.41, 5.74) is 6.22. The quantitative estimate of drug-likeness (QED) is 0.578. The van der Waals surface area contributed by atoms with Gasteiger partial charge in [0.15, 0.2) is 0 Å². The van der Waals surface area contributed by atoms with Crippen LogP contribution in [0.5, 0.6) is 0 Å². The molecule has 0 aliphatic rings. The molecule has 0 aliphatic heterocycles. The monoisotopic (exact) mass is 225 g/mol. The van der Waals surface area contributed by atoms with Crippen LogP contribution in [-0.2, 0) is 14.3 Å². The second-order valence-corrected chi connectivity index (χ2v) is 2.79. The normalized spacial score (nSPS) is 11.3. The Kier molecular flexibility index (Phi) is 4.07. The van der Waals surface area contributed by atoms with Gasteiger partial charge in [-0.25, -0.2) is 4.79 Å². The van der Waals surface area contributed by atoms with Gasteiger partial charge in [0, 0.05) is 13.1 Å². The van der Waals surface area contributed by atoms with Crippen molar-refractivity contribution >= 4 is 23.9 Å². The van der Waals surface area contributed by atoms with E-state index in [0.29, 0.717) is 11.4 Å². The van der Waals surface area contributed by atoms with E-state index in [-0.39, 0.29) is 6.47 Å². The van der Waals surface area contributed by atoms with Crippen LogP contribution in [-0.4, -0.2) is 23.8 Å². The Morgan fingerprint density at radius 2 is 2.44 bits per heavy atom. The zero-order chi connectivity index (χ0) is 12.0. The first-order valence-corrected chi connectivity index (χ1v) is 4.39. The topological polar surface area (TPSA) is 104 Å². The van der Waals surface area contributed by atoms with Crippen molar-refractivity contribution in [2.45, 2.75) is 13.2 Å². The fourth-order valence-corrected chi connectivity index (χ4v) is 0.917. The predicted molar refractivity (Wildman–Crippen MR) is 55.4 cm³/mol.